The normalized spacial score (nSPS) is 12.6. The maximum Gasteiger partial charge on any atom is 0.129 e. The van der Waals surface area contributed by atoms with Gasteiger partial charge in [-0.3, -0.25) is 0 Å². The molecule has 1 aromatic heterocycles. The van der Waals surface area contributed by atoms with Crippen LogP contribution in [0.5, 0.6) is 0 Å². The summed E-state index contributed by atoms with van der Waals surface area (Å²) in [6.45, 7) is 2.75. The van der Waals surface area contributed by atoms with E-state index < -0.39 is 11.6 Å². The molecule has 2 rings (SSSR count). The van der Waals surface area contributed by atoms with Gasteiger partial charge >= 0.3 is 0 Å². The highest BCUT2D eigenvalue weighted by molar-refractivity contribution is 5.21. The molecule has 1 aromatic carbocycles. The molecule has 0 bridgehead atoms. The van der Waals surface area contributed by atoms with Crippen LogP contribution in [0.2, 0.25) is 0 Å². The summed E-state index contributed by atoms with van der Waals surface area (Å²) in [4.78, 5) is 4.07. The molecule has 0 aliphatic carbocycles. The Morgan fingerprint density at radius 1 is 1.37 bits per heavy atom. The second-order valence-electron chi connectivity index (χ2n) is 4.48. The maximum absolute atomic E-state index is 13.7. The van der Waals surface area contributed by atoms with Gasteiger partial charge in [-0.25, -0.2) is 13.8 Å². The van der Waals surface area contributed by atoms with Gasteiger partial charge in [0.1, 0.15) is 11.6 Å². The Labute approximate surface area is 111 Å². The van der Waals surface area contributed by atoms with Crippen LogP contribution < -0.4 is 5.32 Å². The molecule has 2 aromatic rings. The standard InChI is InChI=1S/C14H17F2N3/c1-3-18-13(14-8-17-9-19(14)2)6-10-4-5-11(15)7-12(10)16/h4-5,7-9,13,18H,3,6H2,1-2H3. The topological polar surface area (TPSA) is 29.9 Å². The molecule has 0 radical (unpaired) electrons. The first-order chi connectivity index (χ1) is 9.11. The number of halogens is 2. The van der Waals surface area contributed by atoms with Crippen LogP contribution in [0.3, 0.4) is 0 Å². The third-order valence-electron chi connectivity index (χ3n) is 3.10. The zero-order valence-corrected chi connectivity index (χ0v) is 11.0. The number of hydrogen-bond donors (Lipinski definition) is 1. The summed E-state index contributed by atoms with van der Waals surface area (Å²) in [7, 11) is 1.90. The fourth-order valence-corrected chi connectivity index (χ4v) is 2.14. The van der Waals surface area contributed by atoms with Crippen LogP contribution in [0.1, 0.15) is 24.2 Å². The van der Waals surface area contributed by atoms with Gasteiger partial charge in [0.05, 0.1) is 18.1 Å². The van der Waals surface area contributed by atoms with E-state index in [-0.39, 0.29) is 6.04 Å². The molecule has 0 saturated carbocycles. The van der Waals surface area contributed by atoms with Crippen molar-refractivity contribution in [3.63, 3.8) is 0 Å². The Hall–Kier alpha value is -1.75. The van der Waals surface area contributed by atoms with Crippen LogP contribution in [-0.4, -0.2) is 16.1 Å². The van der Waals surface area contributed by atoms with Crippen molar-refractivity contribution in [1.82, 2.24) is 14.9 Å². The van der Waals surface area contributed by atoms with Gasteiger partial charge in [-0.2, -0.15) is 0 Å². The van der Waals surface area contributed by atoms with Crippen molar-refractivity contribution >= 4 is 0 Å². The number of aromatic nitrogens is 2. The highest BCUT2D eigenvalue weighted by Gasteiger charge is 2.16. The molecule has 1 N–H and O–H groups in total. The zero-order valence-electron chi connectivity index (χ0n) is 11.0. The van der Waals surface area contributed by atoms with Crippen molar-refractivity contribution < 1.29 is 8.78 Å². The summed E-state index contributed by atoms with van der Waals surface area (Å²) in [6, 6.07) is 3.65. The van der Waals surface area contributed by atoms with Gasteiger partial charge in [0.25, 0.3) is 0 Å². The summed E-state index contributed by atoms with van der Waals surface area (Å²) in [6.07, 6.45) is 3.93. The summed E-state index contributed by atoms with van der Waals surface area (Å²) in [5, 5.41) is 3.29. The van der Waals surface area contributed by atoms with Crippen molar-refractivity contribution in [2.24, 2.45) is 7.05 Å². The molecule has 0 aliphatic heterocycles. The minimum absolute atomic E-state index is 0.0440. The zero-order chi connectivity index (χ0) is 13.8. The molecule has 0 amide bonds. The lowest BCUT2D eigenvalue weighted by atomic mass is 10.0. The van der Waals surface area contributed by atoms with E-state index in [1.807, 2.05) is 18.5 Å². The second kappa shape index (κ2) is 5.93. The third kappa shape index (κ3) is 3.17. The van der Waals surface area contributed by atoms with Gasteiger partial charge in [0.15, 0.2) is 0 Å². The van der Waals surface area contributed by atoms with Crippen molar-refractivity contribution in [3.05, 3.63) is 53.6 Å². The van der Waals surface area contributed by atoms with Crippen molar-refractivity contribution in [2.45, 2.75) is 19.4 Å². The Bertz CT molecular complexity index is 551. The van der Waals surface area contributed by atoms with Gasteiger partial charge in [0, 0.05) is 19.3 Å². The van der Waals surface area contributed by atoms with Gasteiger partial charge in [0.2, 0.25) is 0 Å². The molecule has 102 valence electrons. The van der Waals surface area contributed by atoms with Crippen LogP contribution in [-0.2, 0) is 13.5 Å². The Morgan fingerprint density at radius 2 is 2.16 bits per heavy atom. The Kier molecular flexibility index (Phi) is 4.27. The van der Waals surface area contributed by atoms with Crippen LogP contribution in [0, 0.1) is 11.6 Å². The van der Waals surface area contributed by atoms with Gasteiger partial charge < -0.3 is 9.88 Å². The van der Waals surface area contributed by atoms with Crippen LogP contribution >= 0.6 is 0 Å². The lowest BCUT2D eigenvalue weighted by Crippen LogP contribution is -2.25. The number of aryl methyl sites for hydroxylation is 1. The number of nitrogens with one attached hydrogen (secondary N) is 1. The molecule has 19 heavy (non-hydrogen) atoms. The Morgan fingerprint density at radius 3 is 2.74 bits per heavy atom. The molecule has 1 heterocycles. The molecule has 0 saturated heterocycles. The van der Waals surface area contributed by atoms with E-state index in [9.17, 15) is 8.78 Å². The minimum atomic E-state index is -0.554. The van der Waals surface area contributed by atoms with Crippen molar-refractivity contribution in [1.29, 1.82) is 0 Å². The van der Waals surface area contributed by atoms with Gasteiger partial charge in [-0.15, -0.1) is 0 Å². The monoisotopic (exact) mass is 265 g/mol. The molecule has 0 fully saturated rings. The van der Waals surface area contributed by atoms with E-state index in [4.69, 9.17) is 0 Å². The fraction of sp³-hybridized carbons (Fsp3) is 0.357. The Balaban J connectivity index is 2.24. The van der Waals surface area contributed by atoms with Crippen molar-refractivity contribution in [2.75, 3.05) is 6.54 Å². The highest BCUT2D eigenvalue weighted by Crippen LogP contribution is 2.20. The van der Waals surface area contributed by atoms with Crippen LogP contribution in [0.15, 0.2) is 30.7 Å². The minimum Gasteiger partial charge on any atom is -0.336 e. The molecule has 0 spiro atoms. The number of nitrogens with zero attached hydrogens (tertiary/aromatic N) is 2. The van der Waals surface area contributed by atoms with E-state index in [1.54, 1.807) is 12.5 Å². The van der Waals surface area contributed by atoms with Crippen molar-refractivity contribution in [3.8, 4) is 0 Å². The number of imidazole rings is 1. The maximum atomic E-state index is 13.7. The molecule has 1 unspecified atom stereocenters. The molecular formula is C14H17F2N3. The van der Waals surface area contributed by atoms with Crippen LogP contribution in [0.25, 0.3) is 0 Å². The summed E-state index contributed by atoms with van der Waals surface area (Å²) in [5.41, 5.74) is 1.47. The van der Waals surface area contributed by atoms with E-state index in [0.717, 1.165) is 18.3 Å². The summed E-state index contributed by atoms with van der Waals surface area (Å²) >= 11 is 0. The van der Waals surface area contributed by atoms with E-state index in [1.165, 1.54) is 12.1 Å². The largest absolute Gasteiger partial charge is 0.336 e. The van der Waals surface area contributed by atoms with E-state index in [2.05, 4.69) is 10.3 Å². The van der Waals surface area contributed by atoms with E-state index in [0.29, 0.717) is 12.0 Å². The summed E-state index contributed by atoms with van der Waals surface area (Å²) in [5.74, 6) is -1.06. The molecule has 1 atom stereocenters. The quantitative estimate of drug-likeness (QED) is 0.900. The number of likely N-dealkylation sites (N-methyl/N-ethyl adjacent to an activating group) is 1. The SMILES string of the molecule is CCNC(Cc1ccc(F)cc1F)c1cncn1C. The first-order valence-corrected chi connectivity index (χ1v) is 6.25. The third-order valence-corrected chi connectivity index (χ3v) is 3.10. The number of benzene rings is 1. The van der Waals surface area contributed by atoms with E-state index >= 15 is 0 Å². The fourth-order valence-electron chi connectivity index (χ4n) is 2.14. The smallest absolute Gasteiger partial charge is 0.129 e. The van der Waals surface area contributed by atoms with Gasteiger partial charge in [-0.05, 0) is 24.6 Å². The molecule has 3 nitrogen and oxygen atoms in total. The number of hydrogen-bond acceptors (Lipinski definition) is 2. The van der Waals surface area contributed by atoms with Crippen LogP contribution in [0.4, 0.5) is 8.78 Å². The lowest BCUT2D eigenvalue weighted by molar-refractivity contribution is 0.501. The average molecular weight is 265 g/mol. The number of rotatable bonds is 5. The molecular weight excluding hydrogens is 248 g/mol. The average Bonchev–Trinajstić information content (AvgIpc) is 2.78. The molecule has 5 heteroatoms. The van der Waals surface area contributed by atoms with Gasteiger partial charge in [-0.1, -0.05) is 13.0 Å². The second-order valence-corrected chi connectivity index (χ2v) is 4.48. The lowest BCUT2D eigenvalue weighted by Gasteiger charge is -2.18. The molecule has 0 aliphatic rings. The predicted octanol–water partition coefficient (Wildman–Crippen LogP) is 2.59. The predicted molar refractivity (Wildman–Crippen MR) is 69.7 cm³/mol. The first kappa shape index (κ1) is 13.7. The first-order valence-electron chi connectivity index (χ1n) is 6.25. The summed E-state index contributed by atoms with van der Waals surface area (Å²) < 4.78 is 28.5. The highest BCUT2D eigenvalue weighted by atomic mass is 19.1.